The Morgan fingerprint density at radius 2 is 1.68 bits per heavy atom. The van der Waals surface area contributed by atoms with Crippen LogP contribution >= 0.6 is 0 Å². The molecule has 1 unspecified atom stereocenters. The lowest BCUT2D eigenvalue weighted by atomic mass is 10.1. The maximum atomic E-state index is 10.4. The first kappa shape index (κ1) is 17.5. The third kappa shape index (κ3) is 4.60. The Hall–Kier alpha value is -3.22. The van der Waals surface area contributed by atoms with Gasteiger partial charge in [0.1, 0.15) is 25.1 Å². The molecule has 3 aromatic carbocycles. The molecule has 6 heteroatoms. The van der Waals surface area contributed by atoms with Gasteiger partial charge in [-0.2, -0.15) is 0 Å². The van der Waals surface area contributed by atoms with Gasteiger partial charge in [-0.1, -0.05) is 36.4 Å². The number of aromatic nitrogens is 1. The number of hydrogen-bond acceptors (Lipinski definition) is 5. The molecular weight excluding hydrogens is 392 g/mol. The third-order valence-corrected chi connectivity index (χ3v) is 5.08. The lowest BCUT2D eigenvalue weighted by molar-refractivity contribution is 0.106. The maximum Gasteiger partial charge on any atom is 0.161 e. The van der Waals surface area contributed by atoms with Crippen molar-refractivity contribution in [1.82, 2.24) is 9.88 Å². The Balaban J connectivity index is 1.36. The van der Waals surface area contributed by atoms with Gasteiger partial charge in [0.25, 0.3) is 0 Å². The van der Waals surface area contributed by atoms with Gasteiger partial charge in [-0.15, -0.1) is 0 Å². The topological polar surface area (TPSA) is 64.9 Å². The molecule has 162 valence electrons. The number of aliphatic hydroxyl groups excluding tert-OH is 1. The highest BCUT2D eigenvalue weighted by molar-refractivity contribution is 6.11. The fourth-order valence-electron chi connectivity index (χ4n) is 3.59. The molecule has 0 radical (unpaired) electrons. The van der Waals surface area contributed by atoms with Crippen molar-refractivity contribution in [2.24, 2.45) is 6.98 Å². The summed E-state index contributed by atoms with van der Waals surface area (Å²) in [4.78, 5) is 0. The minimum absolute atomic E-state index is 0.0623. The summed E-state index contributed by atoms with van der Waals surface area (Å²) in [5.74, 6) is 1.88. The molecule has 0 aliphatic carbocycles. The Morgan fingerprint density at radius 1 is 0.935 bits per heavy atom. The normalized spacial score (nSPS) is 14.1. The zero-order valence-electron chi connectivity index (χ0n) is 20.4. The minimum Gasteiger partial charge on any atom is -0.493 e. The van der Waals surface area contributed by atoms with E-state index < -0.39 is 13.1 Å². The van der Waals surface area contributed by atoms with Gasteiger partial charge in [-0.25, -0.2) is 0 Å². The third-order valence-electron chi connectivity index (χ3n) is 5.08. The predicted molar refractivity (Wildman–Crippen MR) is 123 cm³/mol. The Labute approximate surface area is 186 Å². The molecule has 0 spiro atoms. The van der Waals surface area contributed by atoms with Crippen LogP contribution in [0.2, 0.25) is 0 Å². The molecule has 6 nitrogen and oxygen atoms in total. The highest BCUT2D eigenvalue weighted by Crippen LogP contribution is 2.34. The van der Waals surface area contributed by atoms with E-state index in [4.69, 9.17) is 18.3 Å². The average Bonchev–Trinajstić information content (AvgIpc) is 3.18. The summed E-state index contributed by atoms with van der Waals surface area (Å²) in [5.41, 5.74) is 1.19. The van der Waals surface area contributed by atoms with Gasteiger partial charge in [0, 0.05) is 40.5 Å². The van der Waals surface area contributed by atoms with Gasteiger partial charge >= 0.3 is 0 Å². The average molecular weight is 424 g/mol. The fraction of sp³-hybridized carbons (Fsp3) is 0.280. The standard InChI is InChI=1S/C25H28N2O4/c1-27-20-9-4-3-8-19(20)25-21(27)10-7-13-24(25)31-17-18(28)16-26-14-15-30-23-12-6-5-11-22(23)29-2/h3-13,18,26,28H,14-17H2,1-2H3/i1D3. The van der Waals surface area contributed by atoms with Crippen LogP contribution in [-0.4, -0.2) is 49.2 Å². The Kier molecular flexibility index (Phi) is 5.48. The molecule has 2 N–H and O–H groups in total. The lowest BCUT2D eigenvalue weighted by Crippen LogP contribution is -2.33. The van der Waals surface area contributed by atoms with Crippen LogP contribution in [-0.2, 0) is 6.98 Å². The summed E-state index contributed by atoms with van der Waals surface area (Å²) in [6.45, 7) is -0.983. The Morgan fingerprint density at radius 3 is 2.52 bits per heavy atom. The first-order valence-corrected chi connectivity index (χ1v) is 10.2. The summed E-state index contributed by atoms with van der Waals surface area (Å²) in [7, 11) is 1.60. The molecule has 31 heavy (non-hydrogen) atoms. The van der Waals surface area contributed by atoms with Crippen LogP contribution in [0.4, 0.5) is 0 Å². The molecule has 0 fully saturated rings. The summed E-state index contributed by atoms with van der Waals surface area (Å²) in [6, 6.07) is 20.1. The number of para-hydroxylation sites is 3. The van der Waals surface area contributed by atoms with Crippen LogP contribution in [0, 0.1) is 0 Å². The van der Waals surface area contributed by atoms with Gasteiger partial charge in [0.15, 0.2) is 11.5 Å². The molecule has 4 aromatic rings. The second-order valence-electron chi connectivity index (χ2n) is 7.17. The molecule has 0 amide bonds. The van der Waals surface area contributed by atoms with Crippen molar-refractivity contribution in [1.29, 1.82) is 0 Å². The van der Waals surface area contributed by atoms with Crippen molar-refractivity contribution in [3.63, 3.8) is 0 Å². The maximum absolute atomic E-state index is 10.4. The van der Waals surface area contributed by atoms with Crippen molar-refractivity contribution < 1.29 is 23.4 Å². The number of hydrogen-bond donors (Lipinski definition) is 2. The molecule has 0 bridgehead atoms. The van der Waals surface area contributed by atoms with E-state index in [1.54, 1.807) is 31.4 Å². The largest absolute Gasteiger partial charge is 0.493 e. The number of rotatable bonds is 10. The van der Waals surface area contributed by atoms with Crippen LogP contribution in [0.1, 0.15) is 4.11 Å². The monoisotopic (exact) mass is 423 g/mol. The number of ether oxygens (including phenoxy) is 3. The van der Waals surface area contributed by atoms with E-state index in [1.807, 2.05) is 42.5 Å². The number of aliphatic hydroxyl groups is 1. The quantitative estimate of drug-likeness (QED) is 0.381. The van der Waals surface area contributed by atoms with E-state index >= 15 is 0 Å². The van der Waals surface area contributed by atoms with E-state index in [0.29, 0.717) is 48.0 Å². The minimum atomic E-state index is -2.32. The number of benzene rings is 3. The van der Waals surface area contributed by atoms with Crippen LogP contribution in [0.15, 0.2) is 66.7 Å². The van der Waals surface area contributed by atoms with E-state index in [9.17, 15) is 5.11 Å². The number of aryl methyl sites for hydroxylation is 1. The van der Waals surface area contributed by atoms with Gasteiger partial charge in [-0.05, 0) is 30.3 Å². The van der Waals surface area contributed by atoms with Crippen LogP contribution in [0.5, 0.6) is 17.2 Å². The van der Waals surface area contributed by atoms with E-state index in [0.717, 1.165) is 10.8 Å². The van der Waals surface area contributed by atoms with Crippen molar-refractivity contribution in [2.45, 2.75) is 6.10 Å². The second kappa shape index (κ2) is 9.73. The molecule has 0 aliphatic heterocycles. The Bertz CT molecular complexity index is 1260. The number of nitrogens with one attached hydrogen (secondary N) is 1. The summed E-state index contributed by atoms with van der Waals surface area (Å²) in [6.07, 6.45) is -0.752. The first-order chi connectivity index (χ1) is 16.4. The number of nitrogens with zero attached hydrogens (tertiary/aromatic N) is 1. The molecule has 0 saturated heterocycles. The summed E-state index contributed by atoms with van der Waals surface area (Å²) < 4.78 is 42.2. The number of methoxy groups -OCH3 is 1. The highest BCUT2D eigenvalue weighted by Gasteiger charge is 2.13. The van der Waals surface area contributed by atoms with Gasteiger partial charge < -0.3 is 29.2 Å². The predicted octanol–water partition coefficient (Wildman–Crippen LogP) is 3.75. The van der Waals surface area contributed by atoms with Gasteiger partial charge in [0.2, 0.25) is 0 Å². The molecule has 0 aliphatic rings. The highest BCUT2D eigenvalue weighted by atomic mass is 16.5. The smallest absolute Gasteiger partial charge is 0.161 e. The van der Waals surface area contributed by atoms with E-state index in [2.05, 4.69) is 5.32 Å². The molecule has 1 aromatic heterocycles. The second-order valence-corrected chi connectivity index (χ2v) is 7.17. The van der Waals surface area contributed by atoms with Crippen LogP contribution in [0.3, 0.4) is 0 Å². The first-order valence-electron chi connectivity index (χ1n) is 11.7. The SMILES string of the molecule is [2H]C([2H])([2H])n1c2ccccc2c2c(OCC(O)CNCCOc3ccccc3OC)cccc21. The molecule has 4 rings (SSSR count). The van der Waals surface area contributed by atoms with Crippen molar-refractivity contribution >= 4 is 21.8 Å². The van der Waals surface area contributed by atoms with Crippen LogP contribution in [0.25, 0.3) is 21.8 Å². The summed E-state index contributed by atoms with van der Waals surface area (Å²) in [5, 5.41) is 15.0. The molecular formula is C25H28N2O4. The van der Waals surface area contributed by atoms with Crippen LogP contribution < -0.4 is 19.5 Å². The van der Waals surface area contributed by atoms with Gasteiger partial charge in [0.05, 0.1) is 12.6 Å². The van der Waals surface area contributed by atoms with E-state index in [1.165, 1.54) is 4.57 Å². The van der Waals surface area contributed by atoms with Crippen molar-refractivity contribution in [3.8, 4) is 17.2 Å². The zero-order valence-corrected chi connectivity index (χ0v) is 17.4. The molecule has 1 heterocycles. The van der Waals surface area contributed by atoms with Gasteiger partial charge in [-0.3, -0.25) is 0 Å². The number of fused-ring (bicyclic) bond motifs is 3. The summed E-state index contributed by atoms with van der Waals surface area (Å²) >= 11 is 0. The van der Waals surface area contributed by atoms with Crippen molar-refractivity contribution in [2.75, 3.05) is 33.4 Å². The van der Waals surface area contributed by atoms with E-state index in [-0.39, 0.29) is 6.61 Å². The lowest BCUT2D eigenvalue weighted by Gasteiger charge is -2.15. The fourth-order valence-corrected chi connectivity index (χ4v) is 3.59. The zero-order chi connectivity index (χ0) is 24.1. The van der Waals surface area contributed by atoms with Crippen molar-refractivity contribution in [3.05, 3.63) is 66.7 Å². The molecule has 1 atom stereocenters. The molecule has 0 saturated carbocycles.